The van der Waals surface area contributed by atoms with Crippen molar-refractivity contribution in [3.05, 3.63) is 102 Å². The molecule has 1 unspecified atom stereocenters. The lowest BCUT2D eigenvalue weighted by atomic mass is 9.92. The number of benzene rings is 3. The highest BCUT2D eigenvalue weighted by Crippen LogP contribution is 2.38. The van der Waals surface area contributed by atoms with Crippen molar-refractivity contribution >= 4 is 5.78 Å². The molecule has 0 N–H and O–H groups in total. The normalized spacial score (nSPS) is 19.1. The first-order valence-corrected chi connectivity index (χ1v) is 8.31. The summed E-state index contributed by atoms with van der Waals surface area (Å²) in [6.07, 6.45) is 0.292. The zero-order chi connectivity index (χ0) is 17.1. The minimum atomic E-state index is -1.41. The molecule has 0 fully saturated rings. The van der Waals surface area contributed by atoms with Gasteiger partial charge in [-0.15, -0.1) is 0 Å². The number of Topliss-reactive ketones (excluding diaryl/α,β-unsaturated/α-hetero) is 1. The van der Waals surface area contributed by atoms with Crippen molar-refractivity contribution in [1.82, 2.24) is 0 Å². The maximum atomic E-state index is 13.1. The molecule has 3 heteroatoms. The van der Waals surface area contributed by atoms with Crippen LogP contribution < -0.4 is 4.74 Å². The SMILES string of the molecule is O=C1Cc2ccccc2OC1(OCc1ccccc1)c1ccccc1. The molecule has 1 aliphatic rings. The van der Waals surface area contributed by atoms with Crippen LogP contribution in [0.25, 0.3) is 0 Å². The predicted molar refractivity (Wildman–Crippen MR) is 95.1 cm³/mol. The summed E-state index contributed by atoms with van der Waals surface area (Å²) in [5.41, 5.74) is 2.60. The molecule has 0 radical (unpaired) electrons. The van der Waals surface area contributed by atoms with E-state index >= 15 is 0 Å². The van der Waals surface area contributed by atoms with Crippen LogP contribution >= 0.6 is 0 Å². The van der Waals surface area contributed by atoms with Crippen molar-refractivity contribution in [2.24, 2.45) is 0 Å². The summed E-state index contributed by atoms with van der Waals surface area (Å²) in [6.45, 7) is 0.295. The number of ketones is 1. The highest BCUT2D eigenvalue weighted by Gasteiger charge is 2.47. The minimum absolute atomic E-state index is 0.0895. The second-order valence-corrected chi connectivity index (χ2v) is 6.07. The topological polar surface area (TPSA) is 35.5 Å². The zero-order valence-electron chi connectivity index (χ0n) is 13.7. The number of carbonyl (C=O) groups is 1. The number of para-hydroxylation sites is 1. The molecule has 0 saturated heterocycles. The number of hydrogen-bond donors (Lipinski definition) is 0. The first kappa shape index (κ1) is 15.6. The third kappa shape index (κ3) is 2.94. The average Bonchev–Trinajstić information content (AvgIpc) is 2.68. The Bertz CT molecular complexity index is 874. The fourth-order valence-electron chi connectivity index (χ4n) is 3.08. The van der Waals surface area contributed by atoms with Crippen LogP contribution in [0.1, 0.15) is 16.7 Å². The first-order chi connectivity index (χ1) is 12.3. The fourth-order valence-corrected chi connectivity index (χ4v) is 3.08. The Labute approximate surface area is 146 Å². The van der Waals surface area contributed by atoms with Gasteiger partial charge in [-0.1, -0.05) is 78.9 Å². The summed E-state index contributed by atoms with van der Waals surface area (Å²) < 4.78 is 12.3. The summed E-state index contributed by atoms with van der Waals surface area (Å²) in [5.74, 6) is -0.807. The van der Waals surface area contributed by atoms with Gasteiger partial charge in [0.25, 0.3) is 5.79 Å². The number of hydrogen-bond acceptors (Lipinski definition) is 3. The second-order valence-electron chi connectivity index (χ2n) is 6.07. The van der Waals surface area contributed by atoms with Crippen molar-refractivity contribution in [3.8, 4) is 5.75 Å². The van der Waals surface area contributed by atoms with E-state index in [9.17, 15) is 4.79 Å². The van der Waals surface area contributed by atoms with E-state index in [2.05, 4.69) is 0 Å². The highest BCUT2D eigenvalue weighted by atomic mass is 16.7. The van der Waals surface area contributed by atoms with Crippen LogP contribution in [0.3, 0.4) is 0 Å². The van der Waals surface area contributed by atoms with Gasteiger partial charge in [-0.25, -0.2) is 0 Å². The van der Waals surface area contributed by atoms with E-state index in [1.54, 1.807) is 0 Å². The molecule has 4 rings (SSSR count). The summed E-state index contributed by atoms with van der Waals surface area (Å²) in [6, 6.07) is 26.8. The van der Waals surface area contributed by atoms with Gasteiger partial charge in [-0.05, 0) is 11.6 Å². The Balaban J connectivity index is 1.73. The third-order valence-electron chi connectivity index (χ3n) is 4.38. The second kappa shape index (κ2) is 6.54. The van der Waals surface area contributed by atoms with E-state index in [-0.39, 0.29) is 5.78 Å². The molecule has 3 aromatic rings. The molecule has 25 heavy (non-hydrogen) atoms. The molecule has 1 aliphatic heterocycles. The third-order valence-corrected chi connectivity index (χ3v) is 4.38. The Morgan fingerprint density at radius 1 is 0.840 bits per heavy atom. The molecule has 124 valence electrons. The summed E-state index contributed by atoms with van der Waals surface area (Å²) in [4.78, 5) is 13.1. The molecular formula is C22H18O3. The lowest BCUT2D eigenvalue weighted by molar-refractivity contribution is -0.206. The van der Waals surface area contributed by atoms with Crippen LogP contribution in [0.2, 0.25) is 0 Å². The molecule has 3 nitrogen and oxygen atoms in total. The van der Waals surface area contributed by atoms with Crippen molar-refractivity contribution in [2.75, 3.05) is 0 Å². The first-order valence-electron chi connectivity index (χ1n) is 8.31. The Kier molecular flexibility index (Phi) is 4.08. The number of rotatable bonds is 4. The molecule has 0 aromatic heterocycles. The largest absolute Gasteiger partial charge is 0.450 e. The quantitative estimate of drug-likeness (QED) is 0.717. The van der Waals surface area contributed by atoms with Crippen LogP contribution in [0.15, 0.2) is 84.9 Å². The molecule has 0 saturated carbocycles. The van der Waals surface area contributed by atoms with Crippen LogP contribution in [0, 0.1) is 0 Å². The number of fused-ring (bicyclic) bond motifs is 1. The fraction of sp³-hybridized carbons (Fsp3) is 0.136. The van der Waals surface area contributed by atoms with Gasteiger partial charge < -0.3 is 9.47 Å². The van der Waals surface area contributed by atoms with E-state index in [0.717, 1.165) is 11.1 Å². The van der Waals surface area contributed by atoms with E-state index in [1.165, 1.54) is 0 Å². The monoisotopic (exact) mass is 330 g/mol. The molecule has 0 aliphatic carbocycles. The van der Waals surface area contributed by atoms with Gasteiger partial charge in [0.1, 0.15) is 5.75 Å². The lowest BCUT2D eigenvalue weighted by Gasteiger charge is -2.37. The molecule has 0 bridgehead atoms. The number of carbonyl (C=O) groups excluding carboxylic acids is 1. The van der Waals surface area contributed by atoms with Crippen LogP contribution in [0.4, 0.5) is 0 Å². The predicted octanol–water partition coefficient (Wildman–Crippen LogP) is 4.26. The maximum absolute atomic E-state index is 13.1. The molecular weight excluding hydrogens is 312 g/mol. The van der Waals surface area contributed by atoms with Gasteiger partial charge in [0.15, 0.2) is 0 Å². The Morgan fingerprint density at radius 2 is 1.48 bits per heavy atom. The molecule has 0 spiro atoms. The maximum Gasteiger partial charge on any atom is 0.298 e. The number of ether oxygens (including phenoxy) is 2. The van der Waals surface area contributed by atoms with Gasteiger partial charge in [0, 0.05) is 17.5 Å². The standard InChI is InChI=1S/C22H18O3/c23-21-15-18-11-7-8-14-20(18)25-22(21,19-12-5-2-6-13-19)24-16-17-9-3-1-4-10-17/h1-14H,15-16H2. The molecule has 3 aromatic carbocycles. The summed E-state index contributed by atoms with van der Waals surface area (Å²) in [5, 5.41) is 0. The smallest absolute Gasteiger partial charge is 0.298 e. The Morgan fingerprint density at radius 3 is 2.24 bits per heavy atom. The molecule has 0 amide bonds. The van der Waals surface area contributed by atoms with Crippen LogP contribution in [-0.2, 0) is 28.3 Å². The Hall–Kier alpha value is -2.91. The zero-order valence-corrected chi connectivity index (χ0v) is 13.7. The van der Waals surface area contributed by atoms with Crippen LogP contribution in [0.5, 0.6) is 5.75 Å². The van der Waals surface area contributed by atoms with E-state index in [0.29, 0.717) is 24.3 Å². The minimum Gasteiger partial charge on any atom is -0.450 e. The van der Waals surface area contributed by atoms with Crippen molar-refractivity contribution in [1.29, 1.82) is 0 Å². The van der Waals surface area contributed by atoms with E-state index in [1.807, 2.05) is 84.9 Å². The van der Waals surface area contributed by atoms with E-state index < -0.39 is 5.79 Å². The van der Waals surface area contributed by atoms with E-state index in [4.69, 9.17) is 9.47 Å². The van der Waals surface area contributed by atoms with Gasteiger partial charge in [-0.2, -0.15) is 0 Å². The summed E-state index contributed by atoms with van der Waals surface area (Å²) >= 11 is 0. The lowest BCUT2D eigenvalue weighted by Crippen LogP contribution is -2.47. The van der Waals surface area contributed by atoms with Crippen molar-refractivity contribution in [2.45, 2.75) is 18.8 Å². The molecule has 1 atom stereocenters. The van der Waals surface area contributed by atoms with Gasteiger partial charge >= 0.3 is 0 Å². The van der Waals surface area contributed by atoms with Gasteiger partial charge in [0.05, 0.1) is 6.61 Å². The van der Waals surface area contributed by atoms with Gasteiger partial charge in [-0.3, -0.25) is 4.79 Å². The van der Waals surface area contributed by atoms with Crippen LogP contribution in [-0.4, -0.2) is 5.78 Å². The summed E-state index contributed by atoms with van der Waals surface area (Å²) in [7, 11) is 0. The van der Waals surface area contributed by atoms with Crippen molar-refractivity contribution < 1.29 is 14.3 Å². The average molecular weight is 330 g/mol. The highest BCUT2D eigenvalue weighted by molar-refractivity contribution is 5.91. The molecule has 1 heterocycles. The van der Waals surface area contributed by atoms with Gasteiger partial charge in [0.2, 0.25) is 5.78 Å². The van der Waals surface area contributed by atoms with Crippen molar-refractivity contribution in [3.63, 3.8) is 0 Å².